The molecule has 0 radical (unpaired) electrons. The van der Waals surface area contributed by atoms with Gasteiger partial charge in [-0.25, -0.2) is 0 Å². The first kappa shape index (κ1) is 21.4. The van der Waals surface area contributed by atoms with Crippen LogP contribution in [-0.2, 0) is 6.61 Å². The van der Waals surface area contributed by atoms with Crippen molar-refractivity contribution >= 4 is 33.2 Å². The van der Waals surface area contributed by atoms with Crippen molar-refractivity contribution < 1.29 is 9.47 Å². The highest BCUT2D eigenvalue weighted by Crippen LogP contribution is 2.51. The molecular weight excluding hydrogens is 486 g/mol. The molecule has 1 N–H and O–H groups in total. The topological polar surface area (TPSA) is 30.5 Å². The third kappa shape index (κ3) is 3.91. The fraction of sp³-hybridized carbons (Fsp3) is 0.259. The van der Waals surface area contributed by atoms with Crippen LogP contribution in [0.4, 0.5) is 5.69 Å². The number of ether oxygens (including phenoxy) is 2. The Morgan fingerprint density at radius 3 is 2.78 bits per heavy atom. The van der Waals surface area contributed by atoms with Crippen molar-refractivity contribution in [1.29, 1.82) is 0 Å². The van der Waals surface area contributed by atoms with E-state index in [2.05, 4.69) is 70.7 Å². The number of benzene rings is 3. The first-order valence-electron chi connectivity index (χ1n) is 10.8. The molecule has 0 saturated carbocycles. The molecule has 0 unspecified atom stereocenters. The first-order valence-corrected chi connectivity index (χ1v) is 12.0. The van der Waals surface area contributed by atoms with E-state index >= 15 is 0 Å². The standard InChI is InChI=1S/C27H25BrClNO2/c1-16-10-11-24-21(12-16)19-7-5-8-20(19)26(30-24)18-13-22(28)27(25(14-18)31-2)32-15-17-6-3-4-9-23(17)29/h3-7,9-14,19-20,26,30H,8,15H2,1-2H3/t19-,20+,26+/m1/s1. The van der Waals surface area contributed by atoms with Crippen LogP contribution in [0.15, 0.2) is 71.2 Å². The Hall–Kier alpha value is -2.43. The predicted octanol–water partition coefficient (Wildman–Crippen LogP) is 7.83. The summed E-state index contributed by atoms with van der Waals surface area (Å²) in [4.78, 5) is 0. The summed E-state index contributed by atoms with van der Waals surface area (Å²) in [6.07, 6.45) is 5.74. The molecule has 3 nitrogen and oxygen atoms in total. The fourth-order valence-corrected chi connectivity index (χ4v) is 5.63. The van der Waals surface area contributed by atoms with E-state index < -0.39 is 0 Å². The van der Waals surface area contributed by atoms with Gasteiger partial charge >= 0.3 is 0 Å². The SMILES string of the molecule is COc1cc([C@@H]2Nc3ccc(C)cc3[C@@H]3C=CC[C@@H]32)cc(Br)c1OCc1ccccc1Cl. The lowest BCUT2D eigenvalue weighted by Crippen LogP contribution is -2.29. The highest BCUT2D eigenvalue weighted by atomic mass is 79.9. The van der Waals surface area contributed by atoms with E-state index in [-0.39, 0.29) is 6.04 Å². The van der Waals surface area contributed by atoms with Gasteiger partial charge in [-0.15, -0.1) is 0 Å². The van der Waals surface area contributed by atoms with Gasteiger partial charge in [-0.1, -0.05) is 59.6 Å². The summed E-state index contributed by atoms with van der Waals surface area (Å²) in [5.74, 6) is 2.29. The van der Waals surface area contributed by atoms with Crippen molar-refractivity contribution in [3.63, 3.8) is 0 Å². The van der Waals surface area contributed by atoms with E-state index in [1.165, 1.54) is 22.4 Å². The zero-order chi connectivity index (χ0) is 22.2. The zero-order valence-corrected chi connectivity index (χ0v) is 20.4. The number of hydrogen-bond acceptors (Lipinski definition) is 3. The molecule has 5 heteroatoms. The minimum Gasteiger partial charge on any atom is -0.493 e. The van der Waals surface area contributed by atoms with Gasteiger partial charge in [0, 0.05) is 22.2 Å². The Labute approximate surface area is 202 Å². The van der Waals surface area contributed by atoms with Crippen LogP contribution in [0.3, 0.4) is 0 Å². The summed E-state index contributed by atoms with van der Waals surface area (Å²) in [6, 6.07) is 18.8. The maximum Gasteiger partial charge on any atom is 0.175 e. The fourth-order valence-electron chi connectivity index (χ4n) is 4.87. The molecule has 0 aromatic heterocycles. The smallest absolute Gasteiger partial charge is 0.175 e. The van der Waals surface area contributed by atoms with E-state index in [0.717, 1.165) is 16.5 Å². The molecule has 0 saturated heterocycles. The minimum atomic E-state index is 0.188. The summed E-state index contributed by atoms with van der Waals surface area (Å²) < 4.78 is 12.7. The average Bonchev–Trinajstić information content (AvgIpc) is 3.29. The summed E-state index contributed by atoms with van der Waals surface area (Å²) in [6.45, 7) is 2.53. The molecule has 1 aliphatic carbocycles. The number of halogens is 2. The summed E-state index contributed by atoms with van der Waals surface area (Å²) >= 11 is 10.0. The predicted molar refractivity (Wildman–Crippen MR) is 134 cm³/mol. The molecule has 5 rings (SSSR count). The second-order valence-corrected chi connectivity index (χ2v) is 9.74. The van der Waals surface area contributed by atoms with E-state index in [0.29, 0.717) is 35.0 Å². The average molecular weight is 511 g/mol. The molecular formula is C27H25BrClNO2. The van der Waals surface area contributed by atoms with Crippen LogP contribution in [0.5, 0.6) is 11.5 Å². The highest BCUT2D eigenvalue weighted by Gasteiger charge is 2.38. The van der Waals surface area contributed by atoms with Gasteiger partial charge < -0.3 is 14.8 Å². The van der Waals surface area contributed by atoms with Gasteiger partial charge in [0.25, 0.3) is 0 Å². The number of methoxy groups -OCH3 is 1. The number of hydrogen-bond donors (Lipinski definition) is 1. The summed E-state index contributed by atoms with van der Waals surface area (Å²) in [7, 11) is 1.68. The van der Waals surface area contributed by atoms with Crippen LogP contribution >= 0.6 is 27.5 Å². The molecule has 3 aromatic carbocycles. The van der Waals surface area contributed by atoms with Crippen LogP contribution in [0.25, 0.3) is 0 Å². The third-order valence-corrected chi connectivity index (χ3v) is 7.42. The van der Waals surface area contributed by atoms with Crippen LogP contribution in [0.1, 0.15) is 40.6 Å². The molecule has 3 aromatic rings. The lowest BCUT2D eigenvalue weighted by atomic mass is 9.76. The van der Waals surface area contributed by atoms with Crippen molar-refractivity contribution in [3.8, 4) is 11.5 Å². The van der Waals surface area contributed by atoms with Gasteiger partial charge in [-0.3, -0.25) is 0 Å². The maximum atomic E-state index is 6.30. The maximum absolute atomic E-state index is 6.30. The Morgan fingerprint density at radius 1 is 1.12 bits per heavy atom. The quantitative estimate of drug-likeness (QED) is 0.355. The van der Waals surface area contributed by atoms with Gasteiger partial charge in [-0.05, 0) is 70.6 Å². The Morgan fingerprint density at radius 2 is 1.97 bits per heavy atom. The molecule has 1 aliphatic heterocycles. The molecule has 0 spiro atoms. The van der Waals surface area contributed by atoms with Crippen LogP contribution in [0.2, 0.25) is 5.02 Å². The molecule has 0 fully saturated rings. The van der Waals surface area contributed by atoms with Crippen molar-refractivity contribution in [2.24, 2.45) is 5.92 Å². The van der Waals surface area contributed by atoms with Gasteiger partial charge in [0.1, 0.15) is 6.61 Å². The largest absolute Gasteiger partial charge is 0.493 e. The van der Waals surface area contributed by atoms with Gasteiger partial charge in [0.15, 0.2) is 11.5 Å². The zero-order valence-electron chi connectivity index (χ0n) is 18.1. The van der Waals surface area contributed by atoms with Crippen LogP contribution < -0.4 is 14.8 Å². The van der Waals surface area contributed by atoms with Gasteiger partial charge in [-0.2, -0.15) is 0 Å². The minimum absolute atomic E-state index is 0.188. The van der Waals surface area contributed by atoms with Crippen LogP contribution in [-0.4, -0.2) is 7.11 Å². The van der Waals surface area contributed by atoms with Crippen molar-refractivity contribution in [2.45, 2.75) is 31.9 Å². The Balaban J connectivity index is 1.46. The summed E-state index contributed by atoms with van der Waals surface area (Å²) in [5, 5.41) is 4.49. The summed E-state index contributed by atoms with van der Waals surface area (Å²) in [5.41, 5.74) is 6.03. The second kappa shape index (κ2) is 8.84. The third-order valence-electron chi connectivity index (χ3n) is 6.46. The van der Waals surface area contributed by atoms with Gasteiger partial charge in [0.2, 0.25) is 0 Å². The number of aryl methyl sites for hydroxylation is 1. The number of nitrogens with one attached hydrogen (secondary N) is 1. The molecule has 1 heterocycles. The molecule has 0 bridgehead atoms. The first-order chi connectivity index (χ1) is 15.5. The number of anilines is 1. The Kier molecular flexibility index (Phi) is 5.92. The second-order valence-electron chi connectivity index (χ2n) is 8.48. The van der Waals surface area contributed by atoms with Crippen molar-refractivity contribution in [1.82, 2.24) is 0 Å². The van der Waals surface area contributed by atoms with E-state index in [9.17, 15) is 0 Å². The van der Waals surface area contributed by atoms with Crippen molar-refractivity contribution in [2.75, 3.05) is 12.4 Å². The monoisotopic (exact) mass is 509 g/mol. The molecule has 32 heavy (non-hydrogen) atoms. The lowest BCUT2D eigenvalue weighted by Gasteiger charge is -2.38. The number of rotatable bonds is 5. The van der Waals surface area contributed by atoms with Crippen LogP contribution in [0, 0.1) is 12.8 Å². The highest BCUT2D eigenvalue weighted by molar-refractivity contribution is 9.10. The van der Waals surface area contributed by atoms with Crippen molar-refractivity contribution in [3.05, 3.63) is 98.5 Å². The number of allylic oxidation sites excluding steroid dienone is 2. The van der Waals surface area contributed by atoms with E-state index in [1.54, 1.807) is 7.11 Å². The molecule has 164 valence electrons. The van der Waals surface area contributed by atoms with Gasteiger partial charge in [0.05, 0.1) is 17.6 Å². The number of fused-ring (bicyclic) bond motifs is 3. The molecule has 0 amide bonds. The van der Waals surface area contributed by atoms with E-state index in [1.807, 2.05) is 24.3 Å². The van der Waals surface area contributed by atoms with E-state index in [4.69, 9.17) is 21.1 Å². The normalized spacial score (nSPS) is 20.9. The molecule has 3 atom stereocenters. The lowest BCUT2D eigenvalue weighted by molar-refractivity contribution is 0.282. The molecule has 2 aliphatic rings. The Bertz CT molecular complexity index is 1190.